The molecule has 0 spiro atoms. The summed E-state index contributed by atoms with van der Waals surface area (Å²) in [5.74, 6) is 0.274. The van der Waals surface area contributed by atoms with Crippen molar-refractivity contribution in [2.75, 3.05) is 20.7 Å². The van der Waals surface area contributed by atoms with Crippen LogP contribution in [0.2, 0.25) is 0 Å². The summed E-state index contributed by atoms with van der Waals surface area (Å²) in [5.41, 5.74) is 0.983. The predicted molar refractivity (Wildman–Crippen MR) is 51.8 cm³/mol. The molecule has 0 saturated heterocycles. The van der Waals surface area contributed by atoms with Crippen molar-refractivity contribution >= 4 is 0 Å². The number of ether oxygens (including phenoxy) is 1. The maximum absolute atomic E-state index is 9.25. The maximum atomic E-state index is 9.25. The number of hydrogen-bond acceptors (Lipinski definition) is 3. The van der Waals surface area contributed by atoms with Gasteiger partial charge in [-0.05, 0) is 24.7 Å². The van der Waals surface area contributed by atoms with E-state index in [9.17, 15) is 5.11 Å². The molecule has 0 amide bonds. The van der Waals surface area contributed by atoms with Crippen molar-refractivity contribution in [3.05, 3.63) is 29.8 Å². The summed E-state index contributed by atoms with van der Waals surface area (Å²) in [6.07, 6.45) is -0.00269. The van der Waals surface area contributed by atoms with Crippen LogP contribution in [-0.4, -0.2) is 25.8 Å². The van der Waals surface area contributed by atoms with Gasteiger partial charge in [0.1, 0.15) is 5.75 Å². The third-order valence-electron chi connectivity index (χ3n) is 1.92. The molecule has 0 radical (unpaired) electrons. The highest BCUT2D eigenvalue weighted by molar-refractivity contribution is 5.28. The van der Waals surface area contributed by atoms with Crippen LogP contribution in [0.4, 0.5) is 0 Å². The van der Waals surface area contributed by atoms with Crippen LogP contribution >= 0.6 is 0 Å². The third-order valence-corrected chi connectivity index (χ3v) is 1.92. The first-order valence-corrected chi connectivity index (χ1v) is 4.24. The first-order valence-electron chi connectivity index (χ1n) is 4.24. The number of benzene rings is 1. The Bertz CT molecular complexity index is 263. The van der Waals surface area contributed by atoms with E-state index in [2.05, 4.69) is 5.32 Å². The van der Waals surface area contributed by atoms with Gasteiger partial charge in [0.05, 0.1) is 6.10 Å². The van der Waals surface area contributed by atoms with Gasteiger partial charge in [-0.2, -0.15) is 0 Å². The molecule has 2 N–H and O–H groups in total. The van der Waals surface area contributed by atoms with Gasteiger partial charge in [0.15, 0.2) is 0 Å². The number of nitrogens with one attached hydrogen (secondary N) is 1. The van der Waals surface area contributed by atoms with Crippen molar-refractivity contribution in [2.24, 2.45) is 0 Å². The lowest BCUT2D eigenvalue weighted by molar-refractivity contribution is 0.104. The minimum atomic E-state index is -0.00269. The van der Waals surface area contributed by atoms with Crippen LogP contribution < -0.4 is 5.32 Å². The molecular formula is C10H15NO2. The average Bonchev–Trinajstić information content (AvgIpc) is 2.14. The molecule has 0 saturated carbocycles. The molecule has 0 aromatic heterocycles. The molecule has 0 aliphatic rings. The van der Waals surface area contributed by atoms with E-state index in [0.29, 0.717) is 0 Å². The Kier molecular flexibility index (Phi) is 3.73. The van der Waals surface area contributed by atoms with E-state index >= 15 is 0 Å². The van der Waals surface area contributed by atoms with Crippen molar-refractivity contribution < 1.29 is 9.84 Å². The van der Waals surface area contributed by atoms with Crippen LogP contribution in [0, 0.1) is 0 Å². The highest BCUT2D eigenvalue weighted by Gasteiger charge is 2.08. The van der Waals surface area contributed by atoms with Crippen LogP contribution in [0.15, 0.2) is 24.3 Å². The first-order chi connectivity index (χ1) is 6.27. The highest BCUT2D eigenvalue weighted by atomic mass is 16.5. The summed E-state index contributed by atoms with van der Waals surface area (Å²) in [6.45, 7) is 0.736. The molecule has 72 valence electrons. The largest absolute Gasteiger partial charge is 0.508 e. The van der Waals surface area contributed by atoms with Gasteiger partial charge in [-0.1, -0.05) is 12.1 Å². The molecule has 1 rings (SSSR count). The fraction of sp³-hybridized carbons (Fsp3) is 0.400. The van der Waals surface area contributed by atoms with Gasteiger partial charge in [0.25, 0.3) is 0 Å². The van der Waals surface area contributed by atoms with E-state index in [4.69, 9.17) is 4.74 Å². The number of methoxy groups -OCH3 is 1. The number of phenols is 1. The zero-order valence-electron chi connectivity index (χ0n) is 7.95. The normalized spacial score (nSPS) is 12.8. The zero-order valence-corrected chi connectivity index (χ0v) is 7.95. The smallest absolute Gasteiger partial charge is 0.115 e. The predicted octanol–water partition coefficient (Wildman–Crippen LogP) is 1.30. The van der Waals surface area contributed by atoms with Gasteiger partial charge in [-0.3, -0.25) is 0 Å². The molecular weight excluding hydrogens is 166 g/mol. The average molecular weight is 181 g/mol. The van der Waals surface area contributed by atoms with Crippen molar-refractivity contribution in [2.45, 2.75) is 6.10 Å². The second-order valence-corrected chi connectivity index (χ2v) is 2.88. The van der Waals surface area contributed by atoms with Gasteiger partial charge in [-0.25, -0.2) is 0 Å². The van der Waals surface area contributed by atoms with Gasteiger partial charge in [0, 0.05) is 13.7 Å². The number of rotatable bonds is 4. The molecule has 1 aromatic carbocycles. The van der Waals surface area contributed by atoms with Crippen LogP contribution in [0.3, 0.4) is 0 Å². The van der Waals surface area contributed by atoms with E-state index in [1.165, 1.54) is 0 Å². The lowest BCUT2D eigenvalue weighted by Gasteiger charge is -2.14. The molecule has 0 aliphatic carbocycles. The number of hydrogen-bond donors (Lipinski definition) is 2. The summed E-state index contributed by atoms with van der Waals surface area (Å²) in [4.78, 5) is 0. The SMILES string of the molecule is CNCC(OC)c1cccc(O)c1. The topological polar surface area (TPSA) is 41.5 Å². The van der Waals surface area contributed by atoms with Gasteiger partial charge in [-0.15, -0.1) is 0 Å². The Hall–Kier alpha value is -1.06. The number of likely N-dealkylation sites (N-methyl/N-ethyl adjacent to an activating group) is 1. The molecule has 0 fully saturated rings. The van der Waals surface area contributed by atoms with E-state index < -0.39 is 0 Å². The third kappa shape index (κ3) is 2.72. The van der Waals surface area contributed by atoms with Crippen molar-refractivity contribution in [3.8, 4) is 5.75 Å². The summed E-state index contributed by atoms with van der Waals surface area (Å²) < 4.78 is 5.26. The second-order valence-electron chi connectivity index (χ2n) is 2.88. The van der Waals surface area contributed by atoms with E-state index in [1.54, 1.807) is 19.2 Å². The van der Waals surface area contributed by atoms with Gasteiger partial charge < -0.3 is 15.2 Å². The van der Waals surface area contributed by atoms with Crippen molar-refractivity contribution in [3.63, 3.8) is 0 Å². The van der Waals surface area contributed by atoms with Crippen molar-refractivity contribution in [1.82, 2.24) is 5.32 Å². The first kappa shape index (κ1) is 10.0. The van der Waals surface area contributed by atoms with Crippen LogP contribution in [0.5, 0.6) is 5.75 Å². The van der Waals surface area contributed by atoms with E-state index in [-0.39, 0.29) is 11.9 Å². The Labute approximate surface area is 78.3 Å². The summed E-state index contributed by atoms with van der Waals surface area (Å²) in [5, 5.41) is 12.3. The number of phenolic OH excluding ortho intramolecular Hbond substituents is 1. The minimum Gasteiger partial charge on any atom is -0.508 e. The van der Waals surface area contributed by atoms with Gasteiger partial charge in [0.2, 0.25) is 0 Å². The molecule has 13 heavy (non-hydrogen) atoms. The molecule has 1 unspecified atom stereocenters. The molecule has 3 nitrogen and oxygen atoms in total. The molecule has 3 heteroatoms. The zero-order chi connectivity index (χ0) is 9.68. The second kappa shape index (κ2) is 4.84. The van der Waals surface area contributed by atoms with E-state index in [0.717, 1.165) is 12.1 Å². The fourth-order valence-corrected chi connectivity index (χ4v) is 1.25. The van der Waals surface area contributed by atoms with E-state index in [1.807, 2.05) is 19.2 Å². The highest BCUT2D eigenvalue weighted by Crippen LogP contribution is 2.19. The fourth-order valence-electron chi connectivity index (χ4n) is 1.25. The van der Waals surface area contributed by atoms with Crippen molar-refractivity contribution in [1.29, 1.82) is 0 Å². The van der Waals surface area contributed by atoms with Crippen LogP contribution in [0.25, 0.3) is 0 Å². The molecule has 1 atom stereocenters. The Morgan fingerprint density at radius 1 is 1.54 bits per heavy atom. The molecule has 1 aromatic rings. The number of aromatic hydroxyl groups is 1. The Morgan fingerprint density at radius 3 is 2.85 bits per heavy atom. The molecule has 0 bridgehead atoms. The van der Waals surface area contributed by atoms with Crippen LogP contribution in [-0.2, 0) is 4.74 Å². The summed E-state index contributed by atoms with van der Waals surface area (Å²) >= 11 is 0. The van der Waals surface area contributed by atoms with Gasteiger partial charge >= 0.3 is 0 Å². The Balaban J connectivity index is 2.78. The maximum Gasteiger partial charge on any atom is 0.115 e. The van der Waals surface area contributed by atoms with Crippen LogP contribution in [0.1, 0.15) is 11.7 Å². The molecule has 0 heterocycles. The molecule has 0 aliphatic heterocycles. The summed E-state index contributed by atoms with van der Waals surface area (Å²) in [6, 6.07) is 7.11. The minimum absolute atomic E-state index is 0.00269. The quantitative estimate of drug-likeness (QED) is 0.735. The lowest BCUT2D eigenvalue weighted by atomic mass is 10.1. The Morgan fingerprint density at radius 2 is 2.31 bits per heavy atom. The monoisotopic (exact) mass is 181 g/mol. The standard InChI is InChI=1S/C10H15NO2/c1-11-7-10(13-2)8-4-3-5-9(12)6-8/h3-6,10-12H,7H2,1-2H3. The summed E-state index contributed by atoms with van der Waals surface area (Å²) in [7, 11) is 3.53. The lowest BCUT2D eigenvalue weighted by Crippen LogP contribution is -2.18.